The normalized spacial score (nSPS) is 10.0. The number of carbonyl (C=O) groups is 2. The molecule has 1 aromatic rings. The lowest BCUT2D eigenvalue weighted by Crippen LogP contribution is -2.25. The summed E-state index contributed by atoms with van der Waals surface area (Å²) < 4.78 is 4.91. The smallest absolute Gasteiger partial charge is 0.251 e. The molecule has 0 saturated carbocycles. The van der Waals surface area contributed by atoms with Crippen LogP contribution in [0.2, 0.25) is 0 Å². The predicted molar refractivity (Wildman–Crippen MR) is 74.2 cm³/mol. The van der Waals surface area contributed by atoms with E-state index in [4.69, 9.17) is 4.74 Å². The van der Waals surface area contributed by atoms with Gasteiger partial charge in [-0.1, -0.05) is 13.0 Å². The molecule has 0 atom stereocenters. The first-order chi connectivity index (χ1) is 9.17. The Bertz CT molecular complexity index is 432. The average molecular weight is 264 g/mol. The van der Waals surface area contributed by atoms with Crippen LogP contribution < -0.4 is 10.6 Å². The van der Waals surface area contributed by atoms with Gasteiger partial charge in [0.25, 0.3) is 5.91 Å². The standard InChI is InChI=1S/C14H20N2O3/c1-3-13(17)16-12-7-4-6-11(10-12)14(18)15-8-5-9-19-2/h4,6-7,10H,3,5,8-9H2,1-2H3,(H,15,18)(H,16,17). The fourth-order valence-electron chi connectivity index (χ4n) is 1.51. The zero-order valence-corrected chi connectivity index (χ0v) is 11.4. The fourth-order valence-corrected chi connectivity index (χ4v) is 1.51. The maximum Gasteiger partial charge on any atom is 0.251 e. The number of nitrogens with one attached hydrogen (secondary N) is 2. The summed E-state index contributed by atoms with van der Waals surface area (Å²) in [5, 5.41) is 5.52. The van der Waals surface area contributed by atoms with E-state index in [9.17, 15) is 9.59 Å². The number of methoxy groups -OCH3 is 1. The lowest BCUT2D eigenvalue weighted by atomic mass is 10.2. The van der Waals surface area contributed by atoms with Crippen molar-refractivity contribution < 1.29 is 14.3 Å². The molecule has 0 aliphatic heterocycles. The van der Waals surface area contributed by atoms with Crippen molar-refractivity contribution in [3.05, 3.63) is 29.8 Å². The quantitative estimate of drug-likeness (QED) is 0.738. The van der Waals surface area contributed by atoms with Crippen molar-refractivity contribution in [2.75, 3.05) is 25.6 Å². The molecular formula is C14H20N2O3. The molecule has 2 amide bonds. The van der Waals surface area contributed by atoms with Crippen LogP contribution in [0.25, 0.3) is 0 Å². The van der Waals surface area contributed by atoms with Crippen LogP contribution in [-0.4, -0.2) is 32.1 Å². The lowest BCUT2D eigenvalue weighted by molar-refractivity contribution is -0.115. The van der Waals surface area contributed by atoms with E-state index in [2.05, 4.69) is 10.6 Å². The van der Waals surface area contributed by atoms with Gasteiger partial charge in [0.1, 0.15) is 0 Å². The number of anilines is 1. The summed E-state index contributed by atoms with van der Waals surface area (Å²) in [6, 6.07) is 6.89. The van der Waals surface area contributed by atoms with E-state index in [0.29, 0.717) is 30.8 Å². The van der Waals surface area contributed by atoms with Gasteiger partial charge in [-0.3, -0.25) is 9.59 Å². The summed E-state index contributed by atoms with van der Waals surface area (Å²) in [4.78, 5) is 23.1. The summed E-state index contributed by atoms with van der Waals surface area (Å²) in [7, 11) is 1.63. The summed E-state index contributed by atoms with van der Waals surface area (Å²) in [5.41, 5.74) is 1.17. The monoisotopic (exact) mass is 264 g/mol. The number of rotatable bonds is 7. The van der Waals surface area contributed by atoms with Crippen LogP contribution >= 0.6 is 0 Å². The summed E-state index contributed by atoms with van der Waals surface area (Å²) in [5.74, 6) is -0.221. The van der Waals surface area contributed by atoms with Crippen LogP contribution in [0.3, 0.4) is 0 Å². The summed E-state index contributed by atoms with van der Waals surface area (Å²) >= 11 is 0. The molecule has 19 heavy (non-hydrogen) atoms. The Labute approximate surface area is 113 Å². The number of hydrogen-bond acceptors (Lipinski definition) is 3. The largest absolute Gasteiger partial charge is 0.385 e. The maximum atomic E-state index is 11.9. The molecule has 1 aromatic carbocycles. The molecule has 5 heteroatoms. The predicted octanol–water partition coefficient (Wildman–Crippen LogP) is 1.80. The molecule has 0 aliphatic carbocycles. The van der Waals surface area contributed by atoms with Gasteiger partial charge in [-0.05, 0) is 24.6 Å². The number of ether oxygens (including phenoxy) is 1. The van der Waals surface area contributed by atoms with Gasteiger partial charge in [-0.25, -0.2) is 0 Å². The van der Waals surface area contributed by atoms with E-state index in [1.165, 1.54) is 0 Å². The molecule has 0 spiro atoms. The fraction of sp³-hybridized carbons (Fsp3) is 0.429. The first-order valence-electron chi connectivity index (χ1n) is 6.34. The topological polar surface area (TPSA) is 67.4 Å². The molecule has 1 rings (SSSR count). The van der Waals surface area contributed by atoms with Crippen LogP contribution in [0.1, 0.15) is 30.1 Å². The van der Waals surface area contributed by atoms with Crippen molar-refractivity contribution in [2.24, 2.45) is 0 Å². The van der Waals surface area contributed by atoms with Crippen molar-refractivity contribution in [3.8, 4) is 0 Å². The average Bonchev–Trinajstić information content (AvgIpc) is 2.43. The summed E-state index contributed by atoms with van der Waals surface area (Å²) in [6.45, 7) is 2.97. The molecule has 0 radical (unpaired) electrons. The van der Waals surface area contributed by atoms with Crippen molar-refractivity contribution >= 4 is 17.5 Å². The van der Waals surface area contributed by atoms with Gasteiger partial charge in [0.2, 0.25) is 5.91 Å². The van der Waals surface area contributed by atoms with Crippen LogP contribution in [0, 0.1) is 0 Å². The Morgan fingerprint density at radius 3 is 2.79 bits per heavy atom. The summed E-state index contributed by atoms with van der Waals surface area (Å²) in [6.07, 6.45) is 1.18. The van der Waals surface area contributed by atoms with E-state index < -0.39 is 0 Å². The second-order valence-electron chi connectivity index (χ2n) is 4.08. The Hall–Kier alpha value is -1.88. The first-order valence-corrected chi connectivity index (χ1v) is 6.34. The van der Waals surface area contributed by atoms with Gasteiger partial charge in [-0.15, -0.1) is 0 Å². The van der Waals surface area contributed by atoms with Crippen LogP contribution in [0.15, 0.2) is 24.3 Å². The van der Waals surface area contributed by atoms with Crippen molar-refractivity contribution in [2.45, 2.75) is 19.8 Å². The van der Waals surface area contributed by atoms with Crippen LogP contribution in [0.4, 0.5) is 5.69 Å². The van der Waals surface area contributed by atoms with Gasteiger partial charge >= 0.3 is 0 Å². The molecule has 0 unspecified atom stereocenters. The highest BCUT2D eigenvalue weighted by Gasteiger charge is 2.06. The highest BCUT2D eigenvalue weighted by molar-refractivity contribution is 5.97. The van der Waals surface area contributed by atoms with E-state index >= 15 is 0 Å². The van der Waals surface area contributed by atoms with Crippen molar-refractivity contribution in [3.63, 3.8) is 0 Å². The molecule has 0 aromatic heterocycles. The third kappa shape index (κ3) is 5.52. The number of hydrogen-bond donors (Lipinski definition) is 2. The minimum absolute atomic E-state index is 0.0716. The third-order valence-corrected chi connectivity index (χ3v) is 2.54. The Morgan fingerprint density at radius 2 is 2.11 bits per heavy atom. The highest BCUT2D eigenvalue weighted by atomic mass is 16.5. The van der Waals surface area contributed by atoms with E-state index in [1.807, 2.05) is 0 Å². The SMILES string of the molecule is CCC(=O)Nc1cccc(C(=O)NCCCOC)c1. The molecule has 0 bridgehead atoms. The Morgan fingerprint density at radius 1 is 1.32 bits per heavy atom. The maximum absolute atomic E-state index is 11.9. The Kier molecular flexibility index (Phi) is 6.60. The second kappa shape index (κ2) is 8.26. The zero-order valence-electron chi connectivity index (χ0n) is 11.4. The molecular weight excluding hydrogens is 244 g/mol. The van der Waals surface area contributed by atoms with Crippen molar-refractivity contribution in [1.29, 1.82) is 0 Å². The van der Waals surface area contributed by atoms with E-state index in [-0.39, 0.29) is 11.8 Å². The van der Waals surface area contributed by atoms with Gasteiger partial charge in [0, 0.05) is 37.9 Å². The van der Waals surface area contributed by atoms with Gasteiger partial charge in [-0.2, -0.15) is 0 Å². The third-order valence-electron chi connectivity index (χ3n) is 2.54. The minimum Gasteiger partial charge on any atom is -0.385 e. The zero-order chi connectivity index (χ0) is 14.1. The minimum atomic E-state index is -0.149. The number of benzene rings is 1. The van der Waals surface area contributed by atoms with Crippen LogP contribution in [0.5, 0.6) is 0 Å². The Balaban J connectivity index is 2.55. The molecule has 0 fully saturated rings. The lowest BCUT2D eigenvalue weighted by Gasteiger charge is -2.07. The van der Waals surface area contributed by atoms with E-state index in [0.717, 1.165) is 6.42 Å². The number of amides is 2. The van der Waals surface area contributed by atoms with Crippen LogP contribution in [-0.2, 0) is 9.53 Å². The first kappa shape index (κ1) is 15.2. The molecule has 104 valence electrons. The van der Waals surface area contributed by atoms with Gasteiger partial charge < -0.3 is 15.4 Å². The van der Waals surface area contributed by atoms with Crippen molar-refractivity contribution in [1.82, 2.24) is 5.32 Å². The van der Waals surface area contributed by atoms with E-state index in [1.54, 1.807) is 38.3 Å². The molecule has 0 aliphatic rings. The molecule has 2 N–H and O–H groups in total. The number of carbonyl (C=O) groups excluding carboxylic acids is 2. The highest BCUT2D eigenvalue weighted by Crippen LogP contribution is 2.10. The van der Waals surface area contributed by atoms with Gasteiger partial charge in [0.15, 0.2) is 0 Å². The van der Waals surface area contributed by atoms with Gasteiger partial charge in [0.05, 0.1) is 0 Å². The molecule has 5 nitrogen and oxygen atoms in total. The second-order valence-corrected chi connectivity index (χ2v) is 4.08. The molecule has 0 heterocycles. The molecule has 0 saturated heterocycles.